The fourth-order valence-electron chi connectivity index (χ4n) is 1.63. The number of H-pyrrole nitrogens is 1. The van der Waals surface area contributed by atoms with E-state index in [1.165, 1.54) is 0 Å². The number of hydrogen-bond acceptors (Lipinski definition) is 5. The van der Waals surface area contributed by atoms with Crippen LogP contribution in [0.1, 0.15) is 5.56 Å². The predicted octanol–water partition coefficient (Wildman–Crippen LogP) is 4.11. The van der Waals surface area contributed by atoms with Crippen LogP contribution in [-0.4, -0.2) is 26.5 Å². The van der Waals surface area contributed by atoms with Crippen LogP contribution in [0.25, 0.3) is 5.43 Å². The summed E-state index contributed by atoms with van der Waals surface area (Å²) in [5, 5.41) is 25.5. The van der Waals surface area contributed by atoms with Crippen LogP contribution in [0.5, 0.6) is 0 Å². The van der Waals surface area contributed by atoms with Gasteiger partial charge in [-0.1, -0.05) is 46.3 Å². The third-order valence-corrected chi connectivity index (χ3v) is 3.22. The summed E-state index contributed by atoms with van der Waals surface area (Å²) < 4.78 is 0.973. The van der Waals surface area contributed by atoms with Crippen molar-refractivity contribution in [3.8, 4) is 0 Å². The first kappa shape index (κ1) is 15.0. The van der Waals surface area contributed by atoms with Gasteiger partial charge in [-0.2, -0.15) is 5.10 Å². The van der Waals surface area contributed by atoms with Crippen LogP contribution in [0.15, 0.2) is 74.4 Å². The molecule has 0 unspecified atom stereocenters. The van der Waals surface area contributed by atoms with Crippen molar-refractivity contribution in [2.24, 2.45) is 15.3 Å². The summed E-state index contributed by atoms with van der Waals surface area (Å²) in [5.41, 5.74) is 5.36. The van der Waals surface area contributed by atoms with Crippen LogP contribution < -0.4 is 0 Å². The summed E-state index contributed by atoms with van der Waals surface area (Å²) in [6.07, 6.45) is 0. The SMILES string of the molecule is Brc1ccc(N=N/C(=N/[N-]c2nn[nH]n2)c2ccccc2)cc1. The molecule has 0 aliphatic carbocycles. The number of aromatic nitrogens is 4. The number of rotatable bonds is 4. The highest BCUT2D eigenvalue weighted by Gasteiger charge is 2.01. The average Bonchev–Trinajstić information content (AvgIpc) is 3.11. The average molecular weight is 370 g/mol. The number of benzene rings is 2. The molecule has 1 heterocycles. The van der Waals surface area contributed by atoms with Gasteiger partial charge in [0.25, 0.3) is 0 Å². The van der Waals surface area contributed by atoms with E-state index >= 15 is 0 Å². The predicted molar refractivity (Wildman–Crippen MR) is 88.8 cm³/mol. The zero-order valence-corrected chi connectivity index (χ0v) is 13.3. The highest BCUT2D eigenvalue weighted by atomic mass is 79.9. The Labute approximate surface area is 139 Å². The van der Waals surface area contributed by atoms with Crippen molar-refractivity contribution in [2.75, 3.05) is 0 Å². The zero-order chi connectivity index (χ0) is 15.9. The highest BCUT2D eigenvalue weighted by molar-refractivity contribution is 9.10. The second-order valence-electron chi connectivity index (χ2n) is 4.28. The van der Waals surface area contributed by atoms with Gasteiger partial charge >= 0.3 is 0 Å². The van der Waals surface area contributed by atoms with E-state index in [0.29, 0.717) is 11.5 Å². The van der Waals surface area contributed by atoms with Crippen molar-refractivity contribution in [3.05, 3.63) is 70.1 Å². The van der Waals surface area contributed by atoms with E-state index in [9.17, 15) is 0 Å². The van der Waals surface area contributed by atoms with Crippen molar-refractivity contribution in [2.45, 2.75) is 0 Å². The molecule has 0 fully saturated rings. The Hall–Kier alpha value is -2.94. The van der Waals surface area contributed by atoms with Gasteiger partial charge in [-0.25, -0.2) is 0 Å². The first-order chi connectivity index (χ1) is 11.3. The Kier molecular flexibility index (Phi) is 4.79. The van der Waals surface area contributed by atoms with E-state index in [4.69, 9.17) is 0 Å². The van der Waals surface area contributed by atoms with Gasteiger partial charge in [0, 0.05) is 10.0 Å². The van der Waals surface area contributed by atoms with Crippen molar-refractivity contribution < 1.29 is 0 Å². The molecule has 0 aliphatic heterocycles. The lowest BCUT2D eigenvalue weighted by molar-refractivity contribution is 0.881. The molecule has 23 heavy (non-hydrogen) atoms. The first-order valence-corrected chi connectivity index (χ1v) is 7.35. The Morgan fingerprint density at radius 2 is 1.83 bits per heavy atom. The minimum atomic E-state index is 0.122. The summed E-state index contributed by atoms with van der Waals surface area (Å²) in [4.78, 5) is 0. The number of aromatic amines is 1. The van der Waals surface area contributed by atoms with Crippen molar-refractivity contribution in [3.63, 3.8) is 0 Å². The topological polar surface area (TPSA) is 106 Å². The van der Waals surface area contributed by atoms with Crippen LogP contribution in [0, 0.1) is 0 Å². The maximum atomic E-state index is 4.17. The second kappa shape index (κ2) is 7.36. The summed E-state index contributed by atoms with van der Waals surface area (Å²) in [5.74, 6) is 0.468. The number of azo groups is 1. The molecule has 0 atom stereocenters. The van der Waals surface area contributed by atoms with E-state index in [1.807, 2.05) is 54.6 Å². The number of hydrogen-bond donors (Lipinski definition) is 1. The molecule has 0 radical (unpaired) electrons. The molecule has 0 aliphatic rings. The number of nitrogens with zero attached hydrogens (tertiary/aromatic N) is 7. The molecule has 0 saturated carbocycles. The van der Waals surface area contributed by atoms with Gasteiger partial charge in [0.2, 0.25) is 0 Å². The lowest BCUT2D eigenvalue weighted by Crippen LogP contribution is -1.95. The third kappa shape index (κ3) is 4.27. The third-order valence-electron chi connectivity index (χ3n) is 2.69. The molecule has 0 spiro atoms. The molecule has 9 heteroatoms. The number of amidine groups is 1. The van der Waals surface area contributed by atoms with Gasteiger partial charge in [0.15, 0.2) is 5.84 Å². The van der Waals surface area contributed by atoms with Crippen LogP contribution in [0.2, 0.25) is 0 Å². The Bertz CT molecular complexity index is 797. The fourth-order valence-corrected chi connectivity index (χ4v) is 1.89. The molecule has 2 aromatic carbocycles. The monoisotopic (exact) mass is 369 g/mol. The molecule has 8 nitrogen and oxygen atoms in total. The van der Waals surface area contributed by atoms with Gasteiger partial charge < -0.3 is 0 Å². The highest BCUT2D eigenvalue weighted by Crippen LogP contribution is 2.18. The molecule has 0 saturated heterocycles. The summed E-state index contributed by atoms with van der Waals surface area (Å²) in [7, 11) is 0. The number of halogens is 1. The van der Waals surface area contributed by atoms with Crippen molar-refractivity contribution in [1.29, 1.82) is 0 Å². The fraction of sp³-hybridized carbons (Fsp3) is 0. The van der Waals surface area contributed by atoms with Gasteiger partial charge in [0.05, 0.1) is 11.6 Å². The molecule has 3 aromatic rings. The normalized spacial score (nSPS) is 11.8. The summed E-state index contributed by atoms with van der Waals surface area (Å²) in [6.45, 7) is 0. The summed E-state index contributed by atoms with van der Waals surface area (Å²) in [6, 6.07) is 16.9. The standard InChI is InChI=1S/C14H10BrN8/c15-11-6-8-12(9-7-11)16-17-13(10-4-2-1-3-5-10)18-19-14-20-22-23-21-14/h1-9H,(H-,19,20,21,22,23)/q-1/b17-16?,18-13+. The summed E-state index contributed by atoms with van der Waals surface area (Å²) >= 11 is 3.38. The lowest BCUT2D eigenvalue weighted by atomic mass is 10.2. The Morgan fingerprint density at radius 3 is 2.52 bits per heavy atom. The molecule has 0 bridgehead atoms. The van der Waals surface area contributed by atoms with Gasteiger partial charge in [-0.05, 0) is 24.3 Å². The number of tetrazole rings is 1. The second-order valence-corrected chi connectivity index (χ2v) is 5.19. The zero-order valence-electron chi connectivity index (χ0n) is 11.7. The quantitative estimate of drug-likeness (QED) is 0.323. The molecule has 0 amide bonds. The van der Waals surface area contributed by atoms with E-state index in [0.717, 1.165) is 10.0 Å². The maximum absolute atomic E-state index is 4.17. The Balaban J connectivity index is 1.85. The molecule has 3 rings (SSSR count). The largest absolute Gasteiger partial charge is 0.277 e. The minimum absolute atomic E-state index is 0.122. The number of nitrogens with one attached hydrogen (secondary N) is 1. The van der Waals surface area contributed by atoms with Crippen LogP contribution in [0.3, 0.4) is 0 Å². The van der Waals surface area contributed by atoms with Gasteiger partial charge in [-0.15, -0.1) is 15.4 Å². The molecule has 114 valence electrons. The van der Waals surface area contributed by atoms with E-state index in [2.05, 4.69) is 57.3 Å². The first-order valence-electron chi connectivity index (χ1n) is 6.56. The van der Waals surface area contributed by atoms with Crippen molar-refractivity contribution >= 4 is 33.4 Å². The smallest absolute Gasteiger partial charge is 0.187 e. The molecule has 1 N–H and O–H groups in total. The van der Waals surface area contributed by atoms with Gasteiger partial charge in [0.1, 0.15) is 0 Å². The van der Waals surface area contributed by atoms with E-state index in [-0.39, 0.29) is 5.95 Å². The molecular weight excluding hydrogens is 360 g/mol. The van der Waals surface area contributed by atoms with Gasteiger partial charge in [-0.3, -0.25) is 20.8 Å². The lowest BCUT2D eigenvalue weighted by Gasteiger charge is -2.03. The van der Waals surface area contributed by atoms with Crippen LogP contribution >= 0.6 is 15.9 Å². The van der Waals surface area contributed by atoms with Crippen LogP contribution in [-0.2, 0) is 0 Å². The Morgan fingerprint density at radius 1 is 1.04 bits per heavy atom. The molecule has 1 aromatic heterocycles. The molecular formula is C14H10BrN8-. The van der Waals surface area contributed by atoms with Crippen LogP contribution in [0.4, 0.5) is 11.6 Å². The van der Waals surface area contributed by atoms with E-state index < -0.39 is 0 Å². The van der Waals surface area contributed by atoms with E-state index in [1.54, 1.807) is 0 Å². The minimum Gasteiger partial charge on any atom is -0.277 e. The maximum Gasteiger partial charge on any atom is 0.187 e. The van der Waals surface area contributed by atoms with Crippen molar-refractivity contribution in [1.82, 2.24) is 20.6 Å².